The van der Waals surface area contributed by atoms with Gasteiger partial charge in [0.2, 0.25) is 0 Å². The van der Waals surface area contributed by atoms with E-state index < -0.39 is 0 Å². The fourth-order valence-electron chi connectivity index (χ4n) is 9.60. The molecule has 0 unspecified atom stereocenters. The van der Waals surface area contributed by atoms with Crippen molar-refractivity contribution in [2.24, 2.45) is 0 Å². The quantitative estimate of drug-likeness (QED) is 0.0795. The van der Waals surface area contributed by atoms with E-state index in [1.807, 2.05) is 6.08 Å². The van der Waals surface area contributed by atoms with Gasteiger partial charge in [-0.3, -0.25) is 0 Å². The third-order valence-electron chi connectivity index (χ3n) is 13.1. The number of hydrogen-bond donors (Lipinski definition) is 0. The summed E-state index contributed by atoms with van der Waals surface area (Å²) in [5.41, 5.74) is 17.4. The van der Waals surface area contributed by atoms with E-state index in [1.54, 1.807) is 0 Å². The lowest BCUT2D eigenvalue weighted by Gasteiger charge is -2.33. The first-order valence-corrected chi connectivity index (χ1v) is 25.2. The Morgan fingerprint density at radius 1 is 0.351 bits per heavy atom. The lowest BCUT2D eigenvalue weighted by atomic mass is 9.88. The van der Waals surface area contributed by atoms with Crippen molar-refractivity contribution in [3.05, 3.63) is 327 Å². The normalized spacial score (nSPS) is 11.4. The second-order valence-corrected chi connectivity index (χ2v) is 17.8. The van der Waals surface area contributed by atoms with Crippen molar-refractivity contribution in [1.82, 2.24) is 0 Å². The molecule has 0 amide bonds. The molecule has 0 radical (unpaired) electrons. The molecular formula is C70H58N4. The van der Waals surface area contributed by atoms with Crippen LogP contribution in [0.3, 0.4) is 0 Å². The second-order valence-electron chi connectivity index (χ2n) is 17.8. The van der Waals surface area contributed by atoms with Crippen molar-refractivity contribution in [3.8, 4) is 11.1 Å². The number of benzene rings is 10. The molecule has 0 N–H and O–H groups in total. The fourth-order valence-corrected chi connectivity index (χ4v) is 9.60. The zero-order valence-electron chi connectivity index (χ0n) is 41.7. The lowest BCUT2D eigenvalue weighted by molar-refractivity contribution is 1.19. The SMILES string of the molecule is C=C/C=C(\C=C(\c1cc(N(c2ccccc2)c2ccccc2)ccc1-c1ccc(N(c2ccccc2)c2ccccc2)cc1C(=C)CC)N(c1ccccc1)c1ccccc1)N(c1ccccc1)c1ccccc1. The maximum absolute atomic E-state index is 4.79. The van der Waals surface area contributed by atoms with E-state index in [2.05, 4.69) is 324 Å². The van der Waals surface area contributed by atoms with Gasteiger partial charge >= 0.3 is 0 Å². The highest BCUT2D eigenvalue weighted by atomic mass is 15.2. The van der Waals surface area contributed by atoms with Crippen molar-refractivity contribution in [2.45, 2.75) is 13.3 Å². The standard InChI is InChI=1S/C70H58N4/c1-4-30-63(71(55-31-14-6-15-32-55)56-33-16-7-17-34-56)53-70(74(61-43-26-12-27-44-61)62-45-28-13-29-46-62)69-52-65(73(59-39-22-10-23-40-59)60-41-24-11-25-42-60)48-50-67(69)66-49-47-64(51-68(66)54(3)5-2)72(57-35-18-8-19-36-57)58-37-20-9-21-38-58/h4,6-53H,1,3,5H2,2H3/b63-30+,70-53-. The Hall–Kier alpha value is -9.64. The molecule has 0 fully saturated rings. The highest BCUT2D eigenvalue weighted by molar-refractivity contribution is 5.99. The zero-order chi connectivity index (χ0) is 50.5. The molecule has 358 valence electrons. The third-order valence-corrected chi connectivity index (χ3v) is 13.1. The first kappa shape index (κ1) is 48.0. The lowest BCUT2D eigenvalue weighted by Crippen LogP contribution is -2.20. The average molecular weight is 955 g/mol. The molecule has 0 atom stereocenters. The predicted molar refractivity (Wildman–Crippen MR) is 317 cm³/mol. The van der Waals surface area contributed by atoms with Crippen LogP contribution in [0.15, 0.2) is 316 Å². The van der Waals surface area contributed by atoms with Crippen LogP contribution < -0.4 is 19.6 Å². The van der Waals surface area contributed by atoms with Crippen LogP contribution in [-0.4, -0.2) is 0 Å². The number of allylic oxidation sites excluding steroid dienone is 4. The first-order valence-electron chi connectivity index (χ1n) is 25.2. The minimum atomic E-state index is 0.758. The van der Waals surface area contributed by atoms with E-state index in [-0.39, 0.29) is 0 Å². The Morgan fingerprint density at radius 2 is 0.649 bits per heavy atom. The van der Waals surface area contributed by atoms with Crippen LogP contribution in [0.2, 0.25) is 0 Å². The molecule has 0 aliphatic rings. The van der Waals surface area contributed by atoms with Crippen molar-refractivity contribution >= 4 is 68.1 Å². The summed E-state index contributed by atoms with van der Waals surface area (Å²) in [6.07, 6.45) is 7.08. The molecular weight excluding hydrogens is 897 g/mol. The molecule has 0 aromatic heterocycles. The second kappa shape index (κ2) is 23.1. The molecule has 0 heterocycles. The summed E-state index contributed by atoms with van der Waals surface area (Å²) in [6.45, 7) is 11.3. The Bertz CT molecular complexity index is 3330. The fraction of sp³-hybridized carbons (Fsp3) is 0.0286. The van der Waals surface area contributed by atoms with Crippen LogP contribution in [0, 0.1) is 0 Å². The van der Waals surface area contributed by atoms with Crippen molar-refractivity contribution in [1.29, 1.82) is 0 Å². The summed E-state index contributed by atoms with van der Waals surface area (Å²) in [5.74, 6) is 0. The molecule has 0 spiro atoms. The number of rotatable bonds is 18. The summed E-state index contributed by atoms with van der Waals surface area (Å²) in [7, 11) is 0. The van der Waals surface area contributed by atoms with E-state index in [0.29, 0.717) is 0 Å². The zero-order valence-corrected chi connectivity index (χ0v) is 41.7. The van der Waals surface area contributed by atoms with Gasteiger partial charge < -0.3 is 19.6 Å². The Balaban J connectivity index is 1.32. The number of anilines is 10. The maximum Gasteiger partial charge on any atom is 0.0561 e. The summed E-state index contributed by atoms with van der Waals surface area (Å²) in [6, 6.07) is 98.7. The number of nitrogens with zero attached hydrogens (tertiary/aromatic N) is 4. The molecule has 74 heavy (non-hydrogen) atoms. The Morgan fingerprint density at radius 3 is 0.973 bits per heavy atom. The van der Waals surface area contributed by atoms with Gasteiger partial charge in [0.25, 0.3) is 0 Å². The van der Waals surface area contributed by atoms with E-state index in [9.17, 15) is 0 Å². The van der Waals surface area contributed by atoms with E-state index in [1.165, 1.54) is 0 Å². The van der Waals surface area contributed by atoms with E-state index in [0.717, 1.165) is 103 Å². The molecule has 0 aliphatic heterocycles. The molecule has 0 aliphatic carbocycles. The molecule has 10 rings (SSSR count). The van der Waals surface area contributed by atoms with Crippen molar-refractivity contribution in [2.75, 3.05) is 19.6 Å². The summed E-state index contributed by atoms with van der Waals surface area (Å²) in [5, 5.41) is 0. The largest absolute Gasteiger partial charge is 0.310 e. The van der Waals surface area contributed by atoms with Crippen LogP contribution in [0.25, 0.3) is 22.4 Å². The van der Waals surface area contributed by atoms with E-state index in [4.69, 9.17) is 6.58 Å². The molecule has 0 bridgehead atoms. The summed E-state index contributed by atoms with van der Waals surface area (Å²) >= 11 is 0. The summed E-state index contributed by atoms with van der Waals surface area (Å²) < 4.78 is 0. The van der Waals surface area contributed by atoms with Crippen molar-refractivity contribution < 1.29 is 0 Å². The monoisotopic (exact) mass is 954 g/mol. The van der Waals surface area contributed by atoms with Gasteiger partial charge in [0.05, 0.1) is 5.70 Å². The average Bonchev–Trinajstić information content (AvgIpc) is 3.47. The third kappa shape index (κ3) is 10.5. The molecule has 10 aromatic rings. The van der Waals surface area contributed by atoms with Gasteiger partial charge in [-0.1, -0.05) is 184 Å². The minimum absolute atomic E-state index is 0.758. The summed E-state index contributed by atoms with van der Waals surface area (Å²) in [4.78, 5) is 9.36. The molecule has 10 aromatic carbocycles. The van der Waals surface area contributed by atoms with Gasteiger partial charge in [0, 0.05) is 68.1 Å². The van der Waals surface area contributed by atoms with Gasteiger partial charge in [-0.2, -0.15) is 0 Å². The van der Waals surface area contributed by atoms with Gasteiger partial charge in [0.15, 0.2) is 0 Å². The van der Waals surface area contributed by atoms with Gasteiger partial charge in [-0.15, -0.1) is 0 Å². The minimum Gasteiger partial charge on any atom is -0.310 e. The van der Waals surface area contributed by atoms with Crippen LogP contribution in [-0.2, 0) is 0 Å². The van der Waals surface area contributed by atoms with Crippen LogP contribution in [0.4, 0.5) is 56.9 Å². The van der Waals surface area contributed by atoms with Gasteiger partial charge in [-0.25, -0.2) is 0 Å². The topological polar surface area (TPSA) is 13.0 Å². The van der Waals surface area contributed by atoms with Gasteiger partial charge in [-0.05, 0) is 162 Å². The van der Waals surface area contributed by atoms with E-state index >= 15 is 0 Å². The first-order chi connectivity index (χ1) is 36.6. The Kier molecular flexibility index (Phi) is 15.0. The number of hydrogen-bond acceptors (Lipinski definition) is 4. The maximum atomic E-state index is 4.79. The Labute approximate surface area is 437 Å². The van der Waals surface area contributed by atoms with Crippen molar-refractivity contribution in [3.63, 3.8) is 0 Å². The molecule has 0 saturated heterocycles. The van der Waals surface area contributed by atoms with Crippen LogP contribution in [0.1, 0.15) is 24.5 Å². The van der Waals surface area contributed by atoms with Crippen LogP contribution in [0.5, 0.6) is 0 Å². The van der Waals surface area contributed by atoms with Crippen LogP contribution >= 0.6 is 0 Å². The molecule has 4 heteroatoms. The van der Waals surface area contributed by atoms with Gasteiger partial charge in [0.1, 0.15) is 0 Å². The number of para-hydroxylation sites is 8. The molecule has 4 nitrogen and oxygen atoms in total. The highest BCUT2D eigenvalue weighted by Gasteiger charge is 2.26. The highest BCUT2D eigenvalue weighted by Crippen LogP contribution is 2.47. The smallest absolute Gasteiger partial charge is 0.0561 e. The molecule has 0 saturated carbocycles. The predicted octanol–water partition coefficient (Wildman–Crippen LogP) is 19.8.